The number of halogens is 7. The highest BCUT2D eigenvalue weighted by Crippen LogP contribution is 2.39. The zero-order chi connectivity index (χ0) is 31.0. The second kappa shape index (κ2) is 12.2. The Balaban J connectivity index is 1.50. The average molecular weight is 602 g/mol. The van der Waals surface area contributed by atoms with Crippen LogP contribution < -0.4 is 5.32 Å². The molecule has 0 aromatic heterocycles. The van der Waals surface area contributed by atoms with Gasteiger partial charge in [0, 0.05) is 50.5 Å². The molecule has 4 rings (SSSR count). The fourth-order valence-electron chi connectivity index (χ4n) is 5.87. The molecule has 0 bridgehead atoms. The second-order valence-corrected chi connectivity index (χ2v) is 11.3. The van der Waals surface area contributed by atoms with Crippen LogP contribution in [0.3, 0.4) is 0 Å². The van der Waals surface area contributed by atoms with Gasteiger partial charge in [-0.15, -0.1) is 0 Å². The van der Waals surface area contributed by atoms with Crippen molar-refractivity contribution in [1.82, 2.24) is 15.1 Å². The highest BCUT2D eigenvalue weighted by molar-refractivity contribution is 5.80. The fraction of sp³-hybridized carbons (Fsp3) is 0.533. The summed E-state index contributed by atoms with van der Waals surface area (Å²) in [6, 6.07) is 5.95. The second-order valence-electron chi connectivity index (χ2n) is 11.3. The van der Waals surface area contributed by atoms with Crippen LogP contribution in [-0.2, 0) is 21.9 Å². The van der Waals surface area contributed by atoms with E-state index >= 15 is 0 Å². The maximum atomic E-state index is 13.9. The Morgan fingerprint density at radius 1 is 0.976 bits per heavy atom. The molecule has 2 saturated heterocycles. The first-order valence-corrected chi connectivity index (χ1v) is 13.9. The molecule has 2 amide bonds. The largest absolute Gasteiger partial charge is 0.416 e. The minimum atomic E-state index is -4.96. The molecule has 0 saturated carbocycles. The van der Waals surface area contributed by atoms with Gasteiger partial charge in [0.25, 0.3) is 0 Å². The number of nitrogens with zero attached hydrogens (tertiary/aromatic N) is 2. The zero-order valence-corrected chi connectivity index (χ0v) is 23.6. The summed E-state index contributed by atoms with van der Waals surface area (Å²) < 4.78 is 93.9. The molecule has 230 valence electrons. The predicted molar refractivity (Wildman–Crippen MR) is 142 cm³/mol. The molecule has 0 spiro atoms. The topological polar surface area (TPSA) is 52.7 Å². The Morgan fingerprint density at radius 2 is 1.60 bits per heavy atom. The van der Waals surface area contributed by atoms with E-state index in [1.54, 1.807) is 24.8 Å². The lowest BCUT2D eigenvalue weighted by molar-refractivity contribution is -0.143. The van der Waals surface area contributed by atoms with Gasteiger partial charge >= 0.3 is 12.4 Å². The highest BCUT2D eigenvalue weighted by Gasteiger charge is 2.42. The van der Waals surface area contributed by atoms with Crippen molar-refractivity contribution in [3.63, 3.8) is 0 Å². The zero-order valence-electron chi connectivity index (χ0n) is 23.6. The third kappa shape index (κ3) is 7.07. The summed E-state index contributed by atoms with van der Waals surface area (Å²) in [6.45, 7) is 7.10. The van der Waals surface area contributed by atoms with Crippen LogP contribution in [0, 0.1) is 18.7 Å². The smallest absolute Gasteiger partial charge is 0.355 e. The van der Waals surface area contributed by atoms with E-state index in [1.807, 2.05) is 0 Å². The van der Waals surface area contributed by atoms with Crippen LogP contribution in [0.4, 0.5) is 30.7 Å². The van der Waals surface area contributed by atoms with Crippen molar-refractivity contribution < 1.29 is 40.3 Å². The number of aryl methyl sites for hydroxylation is 1. The first-order valence-electron chi connectivity index (χ1n) is 13.9. The normalized spacial score (nSPS) is 21.1. The van der Waals surface area contributed by atoms with Crippen molar-refractivity contribution in [1.29, 1.82) is 0 Å². The van der Waals surface area contributed by atoms with Gasteiger partial charge in [-0.25, -0.2) is 4.39 Å². The number of rotatable bonds is 7. The third-order valence-corrected chi connectivity index (χ3v) is 8.41. The lowest BCUT2D eigenvalue weighted by Crippen LogP contribution is -2.63. The van der Waals surface area contributed by atoms with E-state index in [2.05, 4.69) is 10.2 Å². The number of benzene rings is 2. The summed E-state index contributed by atoms with van der Waals surface area (Å²) in [5, 5.41) is 2.75. The van der Waals surface area contributed by atoms with Crippen LogP contribution in [0.1, 0.15) is 66.3 Å². The molecule has 2 aliphatic rings. The molecule has 2 aromatic carbocycles. The van der Waals surface area contributed by atoms with Crippen LogP contribution >= 0.6 is 0 Å². The van der Waals surface area contributed by atoms with Crippen LogP contribution in [0.2, 0.25) is 0 Å². The van der Waals surface area contributed by atoms with Crippen molar-refractivity contribution in [2.24, 2.45) is 5.92 Å². The van der Waals surface area contributed by atoms with E-state index in [1.165, 1.54) is 19.1 Å². The Labute approximate surface area is 240 Å². The van der Waals surface area contributed by atoms with Gasteiger partial charge in [0.1, 0.15) is 5.82 Å². The van der Waals surface area contributed by atoms with Crippen molar-refractivity contribution >= 4 is 11.8 Å². The molecular formula is C30H34F7N3O2. The monoisotopic (exact) mass is 601 g/mol. The van der Waals surface area contributed by atoms with E-state index < -0.39 is 41.1 Å². The summed E-state index contributed by atoms with van der Waals surface area (Å²) >= 11 is 0. The Morgan fingerprint density at radius 3 is 2.14 bits per heavy atom. The van der Waals surface area contributed by atoms with E-state index in [0.717, 1.165) is 5.56 Å². The molecule has 2 aromatic rings. The van der Waals surface area contributed by atoms with Gasteiger partial charge < -0.3 is 10.2 Å². The fourth-order valence-corrected chi connectivity index (χ4v) is 5.87. The maximum absolute atomic E-state index is 13.9. The number of carbonyl (C=O) groups is 2. The average Bonchev–Trinajstić information content (AvgIpc) is 2.89. The number of carbonyl (C=O) groups excluding carboxylic acids is 2. The SMILES string of the molecule is CCC(=O)N1CC(N2CC[C@H](C(=O)NC[C@H](C)c3cc(C(F)(F)F)cc(C(F)(F)F)c3)[C@@H](c3ccc(F)cc3C)C2)C1. The van der Waals surface area contributed by atoms with E-state index in [0.29, 0.717) is 56.7 Å². The van der Waals surface area contributed by atoms with Crippen LogP contribution in [0.5, 0.6) is 0 Å². The number of alkyl halides is 6. The summed E-state index contributed by atoms with van der Waals surface area (Å²) in [5.41, 5.74) is -1.52. The van der Waals surface area contributed by atoms with Gasteiger partial charge in [0.15, 0.2) is 0 Å². The quantitative estimate of drug-likeness (QED) is 0.390. The van der Waals surface area contributed by atoms with Gasteiger partial charge in [-0.1, -0.05) is 19.9 Å². The van der Waals surface area contributed by atoms with E-state index in [9.17, 15) is 40.3 Å². The highest BCUT2D eigenvalue weighted by atomic mass is 19.4. The molecular weight excluding hydrogens is 567 g/mol. The predicted octanol–water partition coefficient (Wildman–Crippen LogP) is 6.12. The summed E-state index contributed by atoms with van der Waals surface area (Å²) in [4.78, 5) is 29.5. The molecule has 2 fully saturated rings. The number of piperidine rings is 1. The Bertz CT molecular complexity index is 1270. The number of nitrogens with one attached hydrogen (secondary N) is 1. The van der Waals surface area contributed by atoms with E-state index in [-0.39, 0.29) is 41.9 Å². The molecule has 12 heteroatoms. The molecule has 0 radical (unpaired) electrons. The first kappa shape index (κ1) is 31.8. The lowest BCUT2D eigenvalue weighted by Gasteiger charge is -2.49. The minimum Gasteiger partial charge on any atom is -0.355 e. The van der Waals surface area contributed by atoms with Gasteiger partial charge in [0.2, 0.25) is 11.8 Å². The van der Waals surface area contributed by atoms with Crippen molar-refractivity contribution in [3.05, 3.63) is 70.0 Å². The molecule has 0 aliphatic carbocycles. The standard InChI is InChI=1S/C30H34F7N3O2/c1-4-27(41)40-14-23(15-40)39-8-7-25(26(16-39)24-6-5-22(31)9-17(24)2)28(42)38-13-18(3)19-10-20(29(32,33)34)12-21(11-19)30(35,36)37/h5-6,9-12,18,23,25-26H,4,7-8,13-16H2,1-3H3,(H,38,42)/t18-,25-,26+/m0/s1. The van der Waals surface area contributed by atoms with Crippen molar-refractivity contribution in [3.8, 4) is 0 Å². The van der Waals surface area contributed by atoms with Crippen LogP contribution in [0.15, 0.2) is 36.4 Å². The van der Waals surface area contributed by atoms with Gasteiger partial charge in [-0.05, 0) is 72.8 Å². The Kier molecular flexibility index (Phi) is 9.25. The van der Waals surface area contributed by atoms with Crippen molar-refractivity contribution in [2.75, 3.05) is 32.7 Å². The summed E-state index contributed by atoms with van der Waals surface area (Å²) in [6.07, 6.45) is -9.06. The van der Waals surface area contributed by atoms with E-state index in [4.69, 9.17) is 0 Å². The minimum absolute atomic E-state index is 0.0729. The number of hydrogen-bond acceptors (Lipinski definition) is 3. The molecule has 5 nitrogen and oxygen atoms in total. The van der Waals surface area contributed by atoms with Gasteiger partial charge in [0.05, 0.1) is 11.1 Å². The van der Waals surface area contributed by atoms with Crippen LogP contribution in [-0.4, -0.2) is 60.4 Å². The van der Waals surface area contributed by atoms with Crippen LogP contribution in [0.25, 0.3) is 0 Å². The number of hydrogen-bond donors (Lipinski definition) is 1. The maximum Gasteiger partial charge on any atom is 0.416 e. The first-order chi connectivity index (χ1) is 19.6. The lowest BCUT2D eigenvalue weighted by atomic mass is 9.77. The molecule has 42 heavy (non-hydrogen) atoms. The Hall–Kier alpha value is -3.15. The van der Waals surface area contributed by atoms with Gasteiger partial charge in [-0.3, -0.25) is 14.5 Å². The summed E-state index contributed by atoms with van der Waals surface area (Å²) in [7, 11) is 0. The van der Waals surface area contributed by atoms with Gasteiger partial charge in [-0.2, -0.15) is 26.3 Å². The molecule has 3 atom stereocenters. The molecule has 2 heterocycles. The van der Waals surface area contributed by atoms with Crippen molar-refractivity contribution in [2.45, 2.75) is 63.8 Å². The molecule has 2 aliphatic heterocycles. The molecule has 0 unspecified atom stereocenters. The number of likely N-dealkylation sites (tertiary alicyclic amines) is 2. The third-order valence-electron chi connectivity index (χ3n) is 8.41. The summed E-state index contributed by atoms with van der Waals surface area (Å²) in [5.74, 6) is -2.40. The molecule has 1 N–H and O–H groups in total. The number of amides is 2.